The van der Waals surface area contributed by atoms with Crippen molar-refractivity contribution in [2.45, 2.75) is 32.1 Å². The summed E-state index contributed by atoms with van der Waals surface area (Å²) in [6, 6.07) is 23.6. The van der Waals surface area contributed by atoms with Crippen LogP contribution in [0.25, 0.3) is 11.1 Å². The number of benzene rings is 3. The van der Waals surface area contributed by atoms with Gasteiger partial charge in [-0.05, 0) is 54.8 Å². The van der Waals surface area contributed by atoms with Crippen LogP contribution in [0.1, 0.15) is 35.3 Å². The highest BCUT2D eigenvalue weighted by molar-refractivity contribution is 5.88. The standard InChI is InChI=1S/C28H30N2O5/c1-28(2,19-34-17-20-6-4-3-5-7-20)30-16-25(31)18-35-26-14-23(12-13-24(26)15-29)21-8-10-22(11-9-21)27(32)33/h3-14,25,30-31H,16-19H2,1-2H3,(H,32,33)/t25-/m1/s1. The van der Waals surface area contributed by atoms with Crippen LogP contribution in [0, 0.1) is 11.3 Å². The maximum atomic E-state index is 11.1. The van der Waals surface area contributed by atoms with E-state index in [9.17, 15) is 15.2 Å². The number of carboxylic acid groups (broad SMARTS) is 1. The first-order chi connectivity index (χ1) is 16.8. The van der Waals surface area contributed by atoms with Crippen LogP contribution in [0.4, 0.5) is 0 Å². The zero-order valence-electron chi connectivity index (χ0n) is 19.9. The molecule has 0 bridgehead atoms. The Labute approximate surface area is 205 Å². The van der Waals surface area contributed by atoms with Gasteiger partial charge in [0.2, 0.25) is 0 Å². The van der Waals surface area contributed by atoms with Crippen LogP contribution >= 0.6 is 0 Å². The van der Waals surface area contributed by atoms with E-state index in [2.05, 4.69) is 11.4 Å². The number of hydrogen-bond acceptors (Lipinski definition) is 6. The van der Waals surface area contributed by atoms with E-state index in [-0.39, 0.29) is 17.7 Å². The van der Waals surface area contributed by atoms with Gasteiger partial charge in [0.25, 0.3) is 0 Å². The van der Waals surface area contributed by atoms with Gasteiger partial charge in [-0.25, -0.2) is 4.79 Å². The second kappa shape index (κ2) is 12.1. The molecule has 3 rings (SSSR count). The number of aromatic carboxylic acids is 1. The van der Waals surface area contributed by atoms with Crippen molar-refractivity contribution in [1.29, 1.82) is 5.26 Å². The quantitative estimate of drug-likeness (QED) is 0.360. The van der Waals surface area contributed by atoms with Crippen LogP contribution in [-0.4, -0.2) is 47.6 Å². The Kier molecular flexibility index (Phi) is 8.98. The summed E-state index contributed by atoms with van der Waals surface area (Å²) in [7, 11) is 0. The number of nitrogens with one attached hydrogen (secondary N) is 1. The van der Waals surface area contributed by atoms with E-state index in [1.807, 2.05) is 44.2 Å². The monoisotopic (exact) mass is 474 g/mol. The molecule has 3 aromatic rings. The summed E-state index contributed by atoms with van der Waals surface area (Å²) in [6.07, 6.45) is -0.798. The van der Waals surface area contributed by atoms with Crippen LogP contribution in [0.3, 0.4) is 0 Å². The first-order valence-corrected chi connectivity index (χ1v) is 11.3. The van der Waals surface area contributed by atoms with E-state index in [1.54, 1.807) is 30.3 Å². The van der Waals surface area contributed by atoms with Crippen molar-refractivity contribution in [3.63, 3.8) is 0 Å². The lowest BCUT2D eigenvalue weighted by atomic mass is 10.0. The van der Waals surface area contributed by atoms with Gasteiger partial charge in [0.05, 0.1) is 24.3 Å². The predicted octanol–water partition coefficient (Wildman–Crippen LogP) is 4.25. The molecule has 7 nitrogen and oxygen atoms in total. The highest BCUT2D eigenvalue weighted by Gasteiger charge is 2.19. The van der Waals surface area contributed by atoms with E-state index < -0.39 is 12.1 Å². The summed E-state index contributed by atoms with van der Waals surface area (Å²) in [5.41, 5.74) is 2.87. The van der Waals surface area contributed by atoms with Crippen molar-refractivity contribution in [2.24, 2.45) is 0 Å². The Bertz CT molecular complexity index is 1150. The van der Waals surface area contributed by atoms with Gasteiger partial charge in [-0.2, -0.15) is 5.26 Å². The first-order valence-electron chi connectivity index (χ1n) is 11.3. The van der Waals surface area contributed by atoms with E-state index in [0.717, 1.165) is 16.7 Å². The van der Waals surface area contributed by atoms with Gasteiger partial charge in [-0.1, -0.05) is 48.5 Å². The van der Waals surface area contributed by atoms with Crippen molar-refractivity contribution >= 4 is 5.97 Å². The van der Waals surface area contributed by atoms with Crippen LogP contribution in [0.15, 0.2) is 72.8 Å². The second-order valence-corrected chi connectivity index (χ2v) is 8.91. The minimum Gasteiger partial charge on any atom is -0.489 e. The first kappa shape index (κ1) is 25.9. The molecule has 182 valence electrons. The van der Waals surface area contributed by atoms with Crippen molar-refractivity contribution in [2.75, 3.05) is 19.8 Å². The molecule has 0 aromatic heterocycles. The van der Waals surface area contributed by atoms with Gasteiger partial charge in [-0.15, -0.1) is 0 Å². The Hall–Kier alpha value is -3.70. The molecule has 0 aliphatic carbocycles. The van der Waals surface area contributed by atoms with Gasteiger partial charge >= 0.3 is 5.97 Å². The average molecular weight is 475 g/mol. The molecule has 3 N–H and O–H groups in total. The Morgan fingerprint density at radius 3 is 2.40 bits per heavy atom. The summed E-state index contributed by atoms with van der Waals surface area (Å²) in [5, 5.41) is 32.2. The molecule has 7 heteroatoms. The largest absolute Gasteiger partial charge is 0.489 e. The Morgan fingerprint density at radius 1 is 1.06 bits per heavy atom. The number of carbonyl (C=O) groups is 1. The maximum absolute atomic E-state index is 11.1. The Morgan fingerprint density at radius 2 is 1.74 bits per heavy atom. The van der Waals surface area contributed by atoms with Crippen molar-refractivity contribution in [3.8, 4) is 22.9 Å². The summed E-state index contributed by atoms with van der Waals surface area (Å²) in [4.78, 5) is 11.1. The number of rotatable bonds is 12. The smallest absolute Gasteiger partial charge is 0.335 e. The fraction of sp³-hybridized carbons (Fsp3) is 0.286. The molecule has 0 unspecified atom stereocenters. The second-order valence-electron chi connectivity index (χ2n) is 8.91. The van der Waals surface area contributed by atoms with Crippen LogP contribution in [0.2, 0.25) is 0 Å². The van der Waals surface area contributed by atoms with E-state index in [4.69, 9.17) is 14.6 Å². The molecule has 0 saturated heterocycles. The van der Waals surface area contributed by atoms with Gasteiger partial charge in [0.1, 0.15) is 24.5 Å². The summed E-state index contributed by atoms with van der Waals surface area (Å²) >= 11 is 0. The van der Waals surface area contributed by atoms with Crippen molar-refractivity contribution in [3.05, 3.63) is 89.5 Å². The van der Waals surface area contributed by atoms with Crippen LogP contribution in [0.5, 0.6) is 5.75 Å². The number of nitrogens with zero attached hydrogens (tertiary/aromatic N) is 1. The lowest BCUT2D eigenvalue weighted by Gasteiger charge is -2.27. The average Bonchev–Trinajstić information content (AvgIpc) is 2.86. The zero-order chi connectivity index (χ0) is 25.3. The third-order valence-corrected chi connectivity index (χ3v) is 5.39. The van der Waals surface area contributed by atoms with Gasteiger partial charge in [0, 0.05) is 12.1 Å². The summed E-state index contributed by atoms with van der Waals surface area (Å²) in [5.74, 6) is -0.634. The topological polar surface area (TPSA) is 112 Å². The highest BCUT2D eigenvalue weighted by Crippen LogP contribution is 2.27. The van der Waals surface area contributed by atoms with E-state index >= 15 is 0 Å². The summed E-state index contributed by atoms with van der Waals surface area (Å²) in [6.45, 7) is 5.28. The molecule has 0 heterocycles. The predicted molar refractivity (Wildman–Crippen MR) is 133 cm³/mol. The third-order valence-electron chi connectivity index (χ3n) is 5.39. The molecule has 0 fully saturated rings. The van der Waals surface area contributed by atoms with Crippen LogP contribution < -0.4 is 10.1 Å². The number of aliphatic hydroxyl groups excluding tert-OH is 1. The van der Waals surface area contributed by atoms with Crippen LogP contribution in [-0.2, 0) is 11.3 Å². The molecule has 0 amide bonds. The molecule has 0 spiro atoms. The third kappa shape index (κ3) is 7.94. The molecule has 0 aliphatic rings. The molecule has 3 aromatic carbocycles. The molecule has 0 radical (unpaired) electrons. The normalized spacial score (nSPS) is 12.1. The SMILES string of the molecule is CC(C)(COCc1ccccc1)NC[C@@H](O)COc1cc(-c2ccc(C(=O)O)cc2)ccc1C#N. The summed E-state index contributed by atoms with van der Waals surface area (Å²) < 4.78 is 11.6. The Balaban J connectivity index is 1.52. The highest BCUT2D eigenvalue weighted by atomic mass is 16.5. The molecule has 35 heavy (non-hydrogen) atoms. The zero-order valence-corrected chi connectivity index (χ0v) is 19.9. The molecule has 0 aliphatic heterocycles. The molecule has 1 atom stereocenters. The molecular formula is C28H30N2O5. The van der Waals surface area contributed by atoms with E-state index in [1.165, 1.54) is 12.1 Å². The number of β-amino-alcohol motifs (C(OH)–C–C–N with tert-alkyl or cyclic N) is 1. The molecular weight excluding hydrogens is 444 g/mol. The minimum absolute atomic E-state index is 0.00401. The van der Waals surface area contributed by atoms with Crippen molar-refractivity contribution < 1.29 is 24.5 Å². The van der Waals surface area contributed by atoms with Gasteiger partial charge in [0.15, 0.2) is 0 Å². The lowest BCUT2D eigenvalue weighted by molar-refractivity contribution is 0.0551. The van der Waals surface area contributed by atoms with Crippen molar-refractivity contribution in [1.82, 2.24) is 5.32 Å². The van der Waals surface area contributed by atoms with Gasteiger partial charge in [-0.3, -0.25) is 0 Å². The number of ether oxygens (including phenoxy) is 2. The molecule has 0 saturated carbocycles. The number of hydrogen-bond donors (Lipinski definition) is 3. The minimum atomic E-state index is -0.992. The van der Waals surface area contributed by atoms with Gasteiger partial charge < -0.3 is 25.0 Å². The number of aliphatic hydroxyl groups is 1. The fourth-order valence-corrected chi connectivity index (χ4v) is 3.41. The number of carboxylic acids is 1. The maximum Gasteiger partial charge on any atom is 0.335 e. The van der Waals surface area contributed by atoms with E-state index in [0.29, 0.717) is 31.1 Å². The number of nitriles is 1. The lowest BCUT2D eigenvalue weighted by Crippen LogP contribution is -2.47. The fourth-order valence-electron chi connectivity index (χ4n) is 3.41.